The van der Waals surface area contributed by atoms with Gasteiger partial charge in [-0.05, 0) is 56.2 Å². The highest BCUT2D eigenvalue weighted by atomic mass is 32.2. The van der Waals surface area contributed by atoms with Crippen molar-refractivity contribution < 1.29 is 17.6 Å². The molecule has 0 amide bonds. The summed E-state index contributed by atoms with van der Waals surface area (Å²) in [5, 5.41) is 0. The number of nitrogens with one attached hydrogen (secondary N) is 1. The minimum Gasteiger partial charge on any atom is -0.440 e. The number of oxazole rings is 1. The van der Waals surface area contributed by atoms with Crippen LogP contribution in [0, 0.1) is 0 Å². The van der Waals surface area contributed by atoms with E-state index < -0.39 is 10.0 Å². The molecule has 3 aromatic rings. The third-order valence-corrected chi connectivity index (χ3v) is 7.06. The predicted molar refractivity (Wildman–Crippen MR) is 99.0 cm³/mol. The molecule has 134 valence electrons. The molecule has 1 aliphatic rings. The molecule has 0 spiro atoms. The van der Waals surface area contributed by atoms with Gasteiger partial charge in [-0.3, -0.25) is 9.52 Å². The molecule has 26 heavy (non-hydrogen) atoms. The number of carbonyl (C=O) groups excluding carboxylic acids is 1. The number of rotatable bonds is 6. The van der Waals surface area contributed by atoms with Gasteiger partial charge in [0.2, 0.25) is 0 Å². The highest BCUT2D eigenvalue weighted by molar-refractivity contribution is 7.94. The molecule has 1 aliphatic carbocycles. The molecule has 2 heterocycles. The Balaban J connectivity index is 1.54. The number of sulfonamides is 1. The molecule has 0 unspecified atom stereocenters. The van der Waals surface area contributed by atoms with Gasteiger partial charge in [-0.15, -0.1) is 11.3 Å². The van der Waals surface area contributed by atoms with E-state index >= 15 is 0 Å². The van der Waals surface area contributed by atoms with Crippen LogP contribution in [0.15, 0.2) is 51.2 Å². The molecule has 0 radical (unpaired) electrons. The summed E-state index contributed by atoms with van der Waals surface area (Å²) < 4.78 is 33.6. The van der Waals surface area contributed by atoms with E-state index in [1.807, 2.05) is 0 Å². The first kappa shape index (κ1) is 17.0. The van der Waals surface area contributed by atoms with Crippen LogP contribution in [0.5, 0.6) is 0 Å². The lowest BCUT2D eigenvalue weighted by Crippen LogP contribution is -2.11. The minimum absolute atomic E-state index is 0.0695. The van der Waals surface area contributed by atoms with Crippen molar-refractivity contribution in [1.82, 2.24) is 4.98 Å². The lowest BCUT2D eigenvalue weighted by molar-refractivity contribution is 0.101. The summed E-state index contributed by atoms with van der Waals surface area (Å²) in [7, 11) is -3.71. The Hall–Kier alpha value is -2.45. The minimum atomic E-state index is -3.71. The smallest absolute Gasteiger partial charge is 0.271 e. The quantitative estimate of drug-likeness (QED) is 0.637. The zero-order chi connectivity index (χ0) is 18.3. The standard InChI is InChI=1S/C18H16N2O4S2/c1-11(21)12-4-6-14(7-5-12)20-26(22,23)17-9-8-16(25-17)15-10-19-18(24-15)13-2-3-13/h4-10,13,20H,2-3H2,1H3. The Labute approximate surface area is 154 Å². The van der Waals surface area contributed by atoms with Crippen LogP contribution in [0.25, 0.3) is 10.6 Å². The third-order valence-electron chi connectivity index (χ3n) is 4.08. The first-order chi connectivity index (χ1) is 12.4. The van der Waals surface area contributed by atoms with Gasteiger partial charge in [0, 0.05) is 17.2 Å². The second kappa shape index (κ2) is 6.37. The molecule has 0 aliphatic heterocycles. The first-order valence-electron chi connectivity index (χ1n) is 8.12. The van der Waals surface area contributed by atoms with Gasteiger partial charge in [-0.2, -0.15) is 0 Å². The highest BCUT2D eigenvalue weighted by Crippen LogP contribution is 2.41. The SMILES string of the molecule is CC(=O)c1ccc(NS(=O)(=O)c2ccc(-c3cnc(C4CC4)o3)s2)cc1. The third kappa shape index (κ3) is 3.42. The number of nitrogens with zero attached hydrogens (tertiary/aromatic N) is 1. The number of aromatic nitrogens is 1. The summed E-state index contributed by atoms with van der Waals surface area (Å²) in [6.45, 7) is 1.46. The first-order valence-corrected chi connectivity index (χ1v) is 10.4. The molecule has 0 saturated heterocycles. The molecular formula is C18H16N2O4S2. The lowest BCUT2D eigenvalue weighted by atomic mass is 10.1. The molecule has 1 aromatic carbocycles. The number of ketones is 1. The molecule has 1 fully saturated rings. The van der Waals surface area contributed by atoms with Gasteiger partial charge in [0.15, 0.2) is 17.4 Å². The van der Waals surface area contributed by atoms with Crippen LogP contribution in [0.1, 0.15) is 41.9 Å². The summed E-state index contributed by atoms with van der Waals surface area (Å²) in [6.07, 6.45) is 3.83. The number of benzene rings is 1. The zero-order valence-electron chi connectivity index (χ0n) is 13.9. The maximum absolute atomic E-state index is 12.6. The van der Waals surface area contributed by atoms with Crippen molar-refractivity contribution in [3.63, 3.8) is 0 Å². The van der Waals surface area contributed by atoms with E-state index in [-0.39, 0.29) is 9.99 Å². The predicted octanol–water partition coefficient (Wildman–Crippen LogP) is 4.28. The van der Waals surface area contributed by atoms with Crippen molar-refractivity contribution in [2.75, 3.05) is 4.72 Å². The Morgan fingerprint density at radius 3 is 2.58 bits per heavy atom. The van der Waals surface area contributed by atoms with Crippen molar-refractivity contribution >= 4 is 32.8 Å². The second-order valence-electron chi connectivity index (χ2n) is 6.19. The highest BCUT2D eigenvalue weighted by Gasteiger charge is 2.29. The van der Waals surface area contributed by atoms with E-state index in [4.69, 9.17) is 4.42 Å². The average molecular weight is 388 g/mol. The number of carbonyl (C=O) groups is 1. The number of Topliss-reactive ketones (excluding diaryl/α,β-unsaturated/α-hetero) is 1. The van der Waals surface area contributed by atoms with Crippen LogP contribution < -0.4 is 4.72 Å². The fraction of sp³-hybridized carbons (Fsp3) is 0.222. The number of hydrogen-bond acceptors (Lipinski definition) is 6. The fourth-order valence-electron chi connectivity index (χ4n) is 2.50. The fourth-order valence-corrected chi connectivity index (χ4v) is 4.81. The molecule has 4 rings (SSSR count). The van der Waals surface area contributed by atoms with Gasteiger partial charge in [-0.1, -0.05) is 0 Å². The second-order valence-corrected chi connectivity index (χ2v) is 9.19. The Morgan fingerprint density at radius 1 is 1.19 bits per heavy atom. The normalized spacial score (nSPS) is 14.3. The monoisotopic (exact) mass is 388 g/mol. The van der Waals surface area contributed by atoms with Crippen molar-refractivity contribution in [3.8, 4) is 10.6 Å². The average Bonchev–Trinajstić information content (AvgIpc) is 3.12. The van der Waals surface area contributed by atoms with Crippen molar-refractivity contribution in [2.24, 2.45) is 0 Å². The molecule has 1 saturated carbocycles. The summed E-state index contributed by atoms with van der Waals surface area (Å²) >= 11 is 1.13. The molecule has 1 N–H and O–H groups in total. The van der Waals surface area contributed by atoms with Crippen LogP contribution in [0.2, 0.25) is 0 Å². The van der Waals surface area contributed by atoms with E-state index in [0.717, 1.165) is 34.9 Å². The molecule has 0 atom stereocenters. The van der Waals surface area contributed by atoms with Gasteiger partial charge >= 0.3 is 0 Å². The lowest BCUT2D eigenvalue weighted by Gasteiger charge is -2.06. The van der Waals surface area contributed by atoms with Crippen LogP contribution in [0.3, 0.4) is 0 Å². The van der Waals surface area contributed by atoms with Crippen LogP contribution in [-0.4, -0.2) is 19.2 Å². The van der Waals surface area contributed by atoms with E-state index in [1.165, 1.54) is 6.92 Å². The largest absolute Gasteiger partial charge is 0.440 e. The maximum Gasteiger partial charge on any atom is 0.271 e. The van der Waals surface area contributed by atoms with E-state index in [9.17, 15) is 13.2 Å². The van der Waals surface area contributed by atoms with Gasteiger partial charge in [0.25, 0.3) is 10.0 Å². The zero-order valence-corrected chi connectivity index (χ0v) is 15.6. The summed E-state index contributed by atoms with van der Waals surface area (Å²) in [6, 6.07) is 9.59. The molecule has 8 heteroatoms. The van der Waals surface area contributed by atoms with Crippen LogP contribution in [0.4, 0.5) is 5.69 Å². The summed E-state index contributed by atoms with van der Waals surface area (Å²) in [4.78, 5) is 16.3. The molecule has 2 aromatic heterocycles. The van der Waals surface area contributed by atoms with E-state index in [2.05, 4.69) is 9.71 Å². The summed E-state index contributed by atoms with van der Waals surface area (Å²) in [5.74, 6) is 1.65. The topological polar surface area (TPSA) is 89.3 Å². The van der Waals surface area contributed by atoms with Crippen LogP contribution in [-0.2, 0) is 10.0 Å². The summed E-state index contributed by atoms with van der Waals surface area (Å²) in [5.41, 5.74) is 0.934. The Bertz CT molecular complexity index is 1060. The Morgan fingerprint density at radius 2 is 1.92 bits per heavy atom. The Kier molecular flexibility index (Phi) is 4.16. The maximum atomic E-state index is 12.6. The number of hydrogen-bond donors (Lipinski definition) is 1. The van der Waals surface area contributed by atoms with Crippen LogP contribution >= 0.6 is 11.3 Å². The molecule has 6 nitrogen and oxygen atoms in total. The van der Waals surface area contributed by atoms with Crippen molar-refractivity contribution in [1.29, 1.82) is 0 Å². The van der Waals surface area contributed by atoms with Gasteiger partial charge < -0.3 is 4.42 Å². The number of thiophene rings is 1. The van der Waals surface area contributed by atoms with E-state index in [1.54, 1.807) is 42.6 Å². The number of anilines is 1. The molecular weight excluding hydrogens is 372 g/mol. The van der Waals surface area contributed by atoms with Crippen molar-refractivity contribution in [3.05, 3.63) is 54.0 Å². The van der Waals surface area contributed by atoms with Gasteiger partial charge in [0.1, 0.15) is 4.21 Å². The van der Waals surface area contributed by atoms with Crippen molar-refractivity contribution in [2.45, 2.75) is 29.9 Å². The van der Waals surface area contributed by atoms with E-state index in [0.29, 0.717) is 22.9 Å². The van der Waals surface area contributed by atoms with Gasteiger partial charge in [-0.25, -0.2) is 13.4 Å². The van der Waals surface area contributed by atoms with Gasteiger partial charge in [0.05, 0.1) is 11.1 Å². The molecule has 0 bridgehead atoms.